The van der Waals surface area contributed by atoms with Crippen LogP contribution in [0.15, 0.2) is 41.0 Å². The average Bonchev–Trinajstić information content (AvgIpc) is 3.19. The molecule has 0 spiro atoms. The number of esters is 1. The number of ether oxygens (including phenoxy) is 1. The van der Waals surface area contributed by atoms with Gasteiger partial charge in [0.2, 0.25) is 5.91 Å². The Morgan fingerprint density at radius 1 is 1.00 bits per heavy atom. The molecule has 1 aromatic heterocycles. The molecule has 0 radical (unpaired) electrons. The first kappa shape index (κ1) is 19.9. The van der Waals surface area contributed by atoms with Crippen molar-refractivity contribution in [2.75, 3.05) is 19.7 Å². The Morgan fingerprint density at radius 3 is 2.44 bits per heavy atom. The summed E-state index contributed by atoms with van der Waals surface area (Å²) in [6.07, 6.45) is 1.34. The van der Waals surface area contributed by atoms with E-state index in [1.165, 1.54) is 12.3 Å². The summed E-state index contributed by atoms with van der Waals surface area (Å²) in [7, 11) is 0. The van der Waals surface area contributed by atoms with Crippen molar-refractivity contribution in [2.45, 2.75) is 13.8 Å². The van der Waals surface area contributed by atoms with Crippen molar-refractivity contribution < 1.29 is 28.3 Å². The summed E-state index contributed by atoms with van der Waals surface area (Å²) < 4.78 is 9.74. The maximum atomic E-state index is 12.0. The van der Waals surface area contributed by atoms with Crippen molar-refractivity contribution in [3.8, 4) is 0 Å². The second-order valence-electron chi connectivity index (χ2n) is 5.82. The van der Waals surface area contributed by atoms with E-state index < -0.39 is 30.9 Å². The molecule has 8 nitrogen and oxygen atoms in total. The molecule has 0 aliphatic heterocycles. The number of furan rings is 1. The molecule has 2 rings (SSSR count). The van der Waals surface area contributed by atoms with Crippen LogP contribution in [0.2, 0.25) is 0 Å². The lowest BCUT2D eigenvalue weighted by molar-refractivity contribution is -0.142. The molecule has 0 atom stereocenters. The molecule has 2 N–H and O–H groups in total. The van der Waals surface area contributed by atoms with Gasteiger partial charge < -0.3 is 19.8 Å². The molecule has 2 aromatic rings. The van der Waals surface area contributed by atoms with E-state index in [4.69, 9.17) is 9.15 Å². The number of rotatable bonds is 8. The van der Waals surface area contributed by atoms with Crippen molar-refractivity contribution >= 4 is 23.6 Å². The number of carbonyl (C=O) groups excluding carboxylic acids is 4. The van der Waals surface area contributed by atoms with Gasteiger partial charge in [0.25, 0.3) is 5.91 Å². The van der Waals surface area contributed by atoms with Crippen LogP contribution in [-0.2, 0) is 14.3 Å². The van der Waals surface area contributed by atoms with Gasteiger partial charge in [0.1, 0.15) is 6.54 Å². The molecule has 0 fully saturated rings. The minimum Gasteiger partial charge on any atom is -0.459 e. The zero-order valence-corrected chi connectivity index (χ0v) is 15.0. The molecule has 8 heteroatoms. The Kier molecular flexibility index (Phi) is 6.87. The third kappa shape index (κ3) is 6.10. The van der Waals surface area contributed by atoms with E-state index in [1.54, 1.807) is 18.2 Å². The molecule has 27 heavy (non-hydrogen) atoms. The normalized spacial score (nSPS) is 10.1. The van der Waals surface area contributed by atoms with E-state index in [0.717, 1.165) is 11.1 Å². The van der Waals surface area contributed by atoms with E-state index in [-0.39, 0.29) is 18.1 Å². The van der Waals surface area contributed by atoms with E-state index >= 15 is 0 Å². The lowest BCUT2D eigenvalue weighted by Gasteiger charge is -2.08. The van der Waals surface area contributed by atoms with Crippen LogP contribution in [0.25, 0.3) is 0 Å². The highest BCUT2D eigenvalue weighted by Crippen LogP contribution is 2.10. The lowest BCUT2D eigenvalue weighted by Crippen LogP contribution is -2.39. The SMILES string of the molecule is Cc1ccc(C(=O)COC(=O)CNC(=O)CNC(=O)c2ccco2)cc1C. The monoisotopic (exact) mass is 372 g/mol. The number of nitrogens with one attached hydrogen (secondary N) is 2. The Morgan fingerprint density at radius 2 is 1.78 bits per heavy atom. The smallest absolute Gasteiger partial charge is 0.325 e. The Hall–Kier alpha value is -3.42. The topological polar surface area (TPSA) is 115 Å². The number of hydrogen-bond donors (Lipinski definition) is 2. The molecule has 0 unspecified atom stereocenters. The lowest BCUT2D eigenvalue weighted by atomic mass is 10.0. The highest BCUT2D eigenvalue weighted by atomic mass is 16.5. The number of ketones is 1. The first-order valence-corrected chi connectivity index (χ1v) is 8.21. The number of hydrogen-bond acceptors (Lipinski definition) is 6. The third-order valence-corrected chi connectivity index (χ3v) is 3.78. The average molecular weight is 372 g/mol. The van der Waals surface area contributed by atoms with Gasteiger partial charge in [-0.05, 0) is 43.2 Å². The molecule has 0 aliphatic rings. The fraction of sp³-hybridized carbons (Fsp3) is 0.263. The largest absolute Gasteiger partial charge is 0.459 e. The Balaban J connectivity index is 1.67. The molecular weight excluding hydrogens is 352 g/mol. The van der Waals surface area contributed by atoms with Gasteiger partial charge in [0, 0.05) is 5.56 Å². The summed E-state index contributed by atoms with van der Waals surface area (Å²) in [5, 5.41) is 4.63. The van der Waals surface area contributed by atoms with Gasteiger partial charge in [-0.1, -0.05) is 12.1 Å². The minimum atomic E-state index is -0.752. The Bertz CT molecular complexity index is 842. The van der Waals surface area contributed by atoms with E-state index in [1.807, 2.05) is 19.9 Å². The van der Waals surface area contributed by atoms with Gasteiger partial charge in [-0.3, -0.25) is 19.2 Å². The van der Waals surface area contributed by atoms with Crippen molar-refractivity contribution in [3.63, 3.8) is 0 Å². The predicted octanol–water partition coefficient (Wildman–Crippen LogP) is 1.17. The summed E-state index contributed by atoms with van der Waals surface area (Å²) in [4.78, 5) is 46.9. The van der Waals surface area contributed by atoms with Crippen LogP contribution >= 0.6 is 0 Å². The van der Waals surface area contributed by atoms with Gasteiger partial charge >= 0.3 is 5.97 Å². The minimum absolute atomic E-state index is 0.0760. The van der Waals surface area contributed by atoms with Crippen LogP contribution in [0.3, 0.4) is 0 Å². The predicted molar refractivity (Wildman–Crippen MR) is 95.3 cm³/mol. The van der Waals surface area contributed by atoms with Crippen molar-refractivity contribution in [1.29, 1.82) is 0 Å². The first-order valence-electron chi connectivity index (χ1n) is 8.21. The van der Waals surface area contributed by atoms with E-state index in [9.17, 15) is 19.2 Å². The fourth-order valence-electron chi connectivity index (χ4n) is 2.08. The molecule has 2 amide bonds. The van der Waals surface area contributed by atoms with Gasteiger partial charge in [-0.15, -0.1) is 0 Å². The van der Waals surface area contributed by atoms with Gasteiger partial charge in [-0.2, -0.15) is 0 Å². The second kappa shape index (κ2) is 9.33. The number of amides is 2. The van der Waals surface area contributed by atoms with Gasteiger partial charge in [0.05, 0.1) is 12.8 Å². The molecule has 0 bridgehead atoms. The van der Waals surface area contributed by atoms with Crippen LogP contribution < -0.4 is 10.6 Å². The van der Waals surface area contributed by atoms with Crippen LogP contribution in [0.1, 0.15) is 32.0 Å². The molecule has 1 aromatic carbocycles. The summed E-state index contributed by atoms with van der Waals surface area (Å²) in [5.41, 5.74) is 2.48. The van der Waals surface area contributed by atoms with E-state index in [0.29, 0.717) is 5.56 Å². The number of Topliss-reactive ketones (excluding diaryl/α,β-unsaturated/α-hetero) is 1. The maximum Gasteiger partial charge on any atom is 0.325 e. The fourth-order valence-corrected chi connectivity index (χ4v) is 2.08. The van der Waals surface area contributed by atoms with Crippen molar-refractivity contribution in [2.24, 2.45) is 0 Å². The number of carbonyl (C=O) groups is 4. The van der Waals surface area contributed by atoms with Crippen LogP contribution in [0.4, 0.5) is 0 Å². The summed E-state index contributed by atoms with van der Waals surface area (Å²) in [5.74, 6) is -2.13. The summed E-state index contributed by atoms with van der Waals surface area (Å²) in [6, 6.07) is 8.22. The van der Waals surface area contributed by atoms with Crippen LogP contribution in [0.5, 0.6) is 0 Å². The molecular formula is C19H20N2O6. The zero-order valence-electron chi connectivity index (χ0n) is 15.0. The van der Waals surface area contributed by atoms with Crippen LogP contribution in [-0.4, -0.2) is 43.3 Å². The van der Waals surface area contributed by atoms with Gasteiger partial charge in [-0.25, -0.2) is 0 Å². The number of aryl methyl sites for hydroxylation is 2. The molecule has 1 heterocycles. The molecule has 0 saturated carbocycles. The quantitative estimate of drug-likeness (QED) is 0.531. The summed E-state index contributed by atoms with van der Waals surface area (Å²) >= 11 is 0. The molecule has 0 saturated heterocycles. The third-order valence-electron chi connectivity index (χ3n) is 3.78. The Labute approximate surface area is 155 Å². The van der Waals surface area contributed by atoms with Gasteiger partial charge in [0.15, 0.2) is 18.2 Å². The zero-order chi connectivity index (χ0) is 19.8. The summed E-state index contributed by atoms with van der Waals surface area (Å²) in [6.45, 7) is 2.68. The van der Waals surface area contributed by atoms with Crippen molar-refractivity contribution in [1.82, 2.24) is 10.6 Å². The second-order valence-corrected chi connectivity index (χ2v) is 5.82. The first-order chi connectivity index (χ1) is 12.9. The van der Waals surface area contributed by atoms with Crippen LogP contribution in [0, 0.1) is 13.8 Å². The molecule has 0 aliphatic carbocycles. The molecule has 142 valence electrons. The highest BCUT2D eigenvalue weighted by Gasteiger charge is 2.13. The highest BCUT2D eigenvalue weighted by molar-refractivity contribution is 5.98. The van der Waals surface area contributed by atoms with Crippen molar-refractivity contribution in [3.05, 3.63) is 59.0 Å². The number of benzene rings is 1. The van der Waals surface area contributed by atoms with E-state index in [2.05, 4.69) is 10.6 Å². The standard InChI is InChI=1S/C19H20N2O6/c1-12-5-6-14(8-13(12)2)15(22)11-27-18(24)10-20-17(23)9-21-19(25)16-4-3-7-26-16/h3-8H,9-11H2,1-2H3,(H,20,23)(H,21,25). The maximum absolute atomic E-state index is 12.0.